The summed E-state index contributed by atoms with van der Waals surface area (Å²) in [6.45, 7) is 4.35. The molecule has 2 aliphatic heterocycles. The fourth-order valence-corrected chi connectivity index (χ4v) is 3.81. The van der Waals surface area contributed by atoms with Crippen LogP contribution in [-0.2, 0) is 10.5 Å². The van der Waals surface area contributed by atoms with Crippen molar-refractivity contribution in [1.29, 1.82) is 0 Å². The molecular formula is C20H19NO2. The molecule has 0 bridgehead atoms. The molecular weight excluding hydrogens is 286 g/mol. The molecule has 1 saturated heterocycles. The van der Waals surface area contributed by atoms with Gasteiger partial charge in [0.05, 0.1) is 12.6 Å². The fourth-order valence-electron chi connectivity index (χ4n) is 3.81. The molecule has 2 aliphatic rings. The molecule has 1 amide bonds. The van der Waals surface area contributed by atoms with Crippen LogP contribution in [0.5, 0.6) is 0 Å². The molecule has 1 fully saturated rings. The predicted molar refractivity (Wildman–Crippen MR) is 88.9 cm³/mol. The smallest absolute Gasteiger partial charge is 0.257 e. The zero-order valence-electron chi connectivity index (χ0n) is 12.9. The van der Waals surface area contributed by atoms with Gasteiger partial charge in [-0.3, -0.25) is 9.69 Å². The minimum atomic E-state index is -0.650. The van der Waals surface area contributed by atoms with Gasteiger partial charge in [-0.15, -0.1) is 6.58 Å². The second kappa shape index (κ2) is 5.36. The van der Waals surface area contributed by atoms with Crippen LogP contribution in [0.4, 0.5) is 0 Å². The van der Waals surface area contributed by atoms with Gasteiger partial charge >= 0.3 is 0 Å². The lowest BCUT2D eigenvalue weighted by Crippen LogP contribution is -2.40. The Morgan fingerprint density at radius 3 is 2.70 bits per heavy atom. The maximum absolute atomic E-state index is 13.1. The summed E-state index contributed by atoms with van der Waals surface area (Å²) in [4.78, 5) is 15.0. The van der Waals surface area contributed by atoms with Gasteiger partial charge in [-0.1, -0.05) is 54.6 Å². The Morgan fingerprint density at radius 2 is 1.91 bits per heavy atom. The largest absolute Gasteiger partial charge is 0.349 e. The molecule has 0 aromatic heterocycles. The highest BCUT2D eigenvalue weighted by molar-refractivity contribution is 6.00. The molecule has 4 rings (SSSR count). The van der Waals surface area contributed by atoms with Crippen LogP contribution in [0.1, 0.15) is 40.4 Å². The van der Waals surface area contributed by atoms with E-state index in [2.05, 4.69) is 18.7 Å². The van der Waals surface area contributed by atoms with Crippen molar-refractivity contribution in [3.8, 4) is 0 Å². The highest BCUT2D eigenvalue weighted by Gasteiger charge is 2.57. The summed E-state index contributed by atoms with van der Waals surface area (Å²) in [6, 6.07) is 17.9. The molecule has 3 nitrogen and oxygen atoms in total. The lowest BCUT2D eigenvalue weighted by Gasteiger charge is -2.33. The van der Waals surface area contributed by atoms with Crippen LogP contribution < -0.4 is 0 Å². The van der Waals surface area contributed by atoms with Crippen LogP contribution >= 0.6 is 0 Å². The molecule has 2 heterocycles. The van der Waals surface area contributed by atoms with Crippen LogP contribution in [0, 0.1) is 0 Å². The van der Waals surface area contributed by atoms with Gasteiger partial charge in [-0.25, -0.2) is 0 Å². The van der Waals surface area contributed by atoms with Gasteiger partial charge in [0.2, 0.25) is 0 Å². The quantitative estimate of drug-likeness (QED) is 0.798. The lowest BCUT2D eigenvalue weighted by molar-refractivity contribution is -0.0727. The molecule has 0 spiro atoms. The predicted octanol–water partition coefficient (Wildman–Crippen LogP) is 4.03. The third-order valence-corrected chi connectivity index (χ3v) is 4.85. The number of benzene rings is 2. The van der Waals surface area contributed by atoms with Crippen LogP contribution in [0.2, 0.25) is 0 Å². The molecule has 0 unspecified atom stereocenters. The first-order valence-corrected chi connectivity index (χ1v) is 8.01. The average Bonchev–Trinajstić information content (AvgIpc) is 3.10. The Balaban J connectivity index is 1.83. The summed E-state index contributed by atoms with van der Waals surface area (Å²) < 4.78 is 6.29. The molecule has 0 N–H and O–H groups in total. The van der Waals surface area contributed by atoms with Crippen molar-refractivity contribution >= 4 is 5.91 Å². The summed E-state index contributed by atoms with van der Waals surface area (Å²) in [7, 11) is 0. The molecule has 3 heteroatoms. The maximum atomic E-state index is 13.1. The van der Waals surface area contributed by atoms with E-state index in [0.29, 0.717) is 6.61 Å². The lowest BCUT2D eigenvalue weighted by atomic mass is 9.96. The van der Waals surface area contributed by atoms with Crippen LogP contribution in [0.15, 0.2) is 67.3 Å². The Labute approximate surface area is 136 Å². The molecule has 2 atom stereocenters. The Morgan fingerprint density at radius 1 is 1.17 bits per heavy atom. The van der Waals surface area contributed by atoms with E-state index < -0.39 is 5.72 Å². The summed E-state index contributed by atoms with van der Waals surface area (Å²) >= 11 is 0. The number of nitrogens with zero attached hydrogens (tertiary/aromatic N) is 1. The van der Waals surface area contributed by atoms with E-state index in [-0.39, 0.29) is 11.9 Å². The number of rotatable bonds is 4. The van der Waals surface area contributed by atoms with E-state index in [1.54, 1.807) is 0 Å². The van der Waals surface area contributed by atoms with Gasteiger partial charge in [0, 0.05) is 17.5 Å². The second-order valence-electron chi connectivity index (χ2n) is 6.07. The van der Waals surface area contributed by atoms with Gasteiger partial charge < -0.3 is 4.74 Å². The Bertz CT molecular complexity index is 755. The third kappa shape index (κ3) is 1.97. The van der Waals surface area contributed by atoms with Crippen molar-refractivity contribution in [3.63, 3.8) is 0 Å². The van der Waals surface area contributed by atoms with Crippen molar-refractivity contribution in [2.45, 2.75) is 24.6 Å². The van der Waals surface area contributed by atoms with E-state index in [9.17, 15) is 4.79 Å². The number of fused-ring (bicyclic) bond motifs is 3. The minimum absolute atomic E-state index is 0.0408. The van der Waals surface area contributed by atoms with Gasteiger partial charge in [-0.2, -0.15) is 0 Å². The van der Waals surface area contributed by atoms with Gasteiger partial charge in [0.1, 0.15) is 0 Å². The minimum Gasteiger partial charge on any atom is -0.349 e. The van der Waals surface area contributed by atoms with Gasteiger partial charge in [-0.05, 0) is 18.1 Å². The zero-order chi connectivity index (χ0) is 15.9. The highest BCUT2D eigenvalue weighted by atomic mass is 16.5. The molecule has 0 aliphatic carbocycles. The maximum Gasteiger partial charge on any atom is 0.257 e. The van der Waals surface area contributed by atoms with E-state index >= 15 is 0 Å². The van der Waals surface area contributed by atoms with E-state index in [1.165, 1.54) is 0 Å². The number of allylic oxidation sites excluding steroid dienone is 1. The molecule has 2 aromatic carbocycles. The molecule has 0 radical (unpaired) electrons. The van der Waals surface area contributed by atoms with Gasteiger partial charge in [0.15, 0.2) is 5.72 Å². The first-order valence-electron chi connectivity index (χ1n) is 8.01. The van der Waals surface area contributed by atoms with Gasteiger partial charge in [0.25, 0.3) is 5.91 Å². The summed E-state index contributed by atoms with van der Waals surface area (Å²) in [6.07, 6.45) is 3.43. The summed E-state index contributed by atoms with van der Waals surface area (Å²) in [5, 5.41) is 0. The van der Waals surface area contributed by atoms with Crippen LogP contribution in [0.25, 0.3) is 0 Å². The standard InChI is InChI=1S/C20H19NO2/c1-2-3-13-20-17-12-8-7-11-16(17)19(22)21(20)18(14-23-20)15-9-5-4-6-10-15/h2,4-12,18H,1,3,13-14H2/t18-,20-/m0/s1. The van der Waals surface area contributed by atoms with Crippen molar-refractivity contribution < 1.29 is 9.53 Å². The number of hydrogen-bond acceptors (Lipinski definition) is 2. The molecule has 2 aromatic rings. The highest BCUT2D eigenvalue weighted by Crippen LogP contribution is 2.52. The summed E-state index contributed by atoms with van der Waals surface area (Å²) in [5.41, 5.74) is 2.22. The molecule has 0 saturated carbocycles. The molecule has 23 heavy (non-hydrogen) atoms. The monoisotopic (exact) mass is 305 g/mol. The average molecular weight is 305 g/mol. The number of ether oxygens (including phenoxy) is 1. The Hall–Kier alpha value is -2.39. The van der Waals surface area contributed by atoms with Crippen LogP contribution in [-0.4, -0.2) is 17.4 Å². The SMILES string of the molecule is C=CCC[C@@]12OC[C@@H](c3ccccc3)N1C(=O)c1ccccc12. The topological polar surface area (TPSA) is 29.5 Å². The second-order valence-corrected chi connectivity index (χ2v) is 6.07. The normalized spacial score (nSPS) is 25.3. The number of carbonyl (C=O) groups excluding carboxylic acids is 1. The fraction of sp³-hybridized carbons (Fsp3) is 0.250. The number of hydrogen-bond donors (Lipinski definition) is 0. The zero-order valence-corrected chi connectivity index (χ0v) is 12.9. The van der Waals surface area contributed by atoms with Crippen molar-refractivity contribution in [2.75, 3.05) is 6.61 Å². The van der Waals surface area contributed by atoms with Crippen LogP contribution in [0.3, 0.4) is 0 Å². The third-order valence-electron chi connectivity index (χ3n) is 4.85. The molecule has 116 valence electrons. The van der Waals surface area contributed by atoms with Crippen molar-refractivity contribution in [2.24, 2.45) is 0 Å². The first kappa shape index (κ1) is 14.2. The number of carbonyl (C=O) groups is 1. The van der Waals surface area contributed by atoms with Crippen molar-refractivity contribution in [1.82, 2.24) is 4.90 Å². The van der Waals surface area contributed by atoms with E-state index in [4.69, 9.17) is 4.74 Å². The Kier molecular flexibility index (Phi) is 3.31. The van der Waals surface area contributed by atoms with Crippen molar-refractivity contribution in [3.05, 3.63) is 83.9 Å². The van der Waals surface area contributed by atoms with E-state index in [0.717, 1.165) is 29.5 Å². The summed E-state index contributed by atoms with van der Waals surface area (Å²) in [5.74, 6) is 0.0658. The van der Waals surface area contributed by atoms with E-state index in [1.807, 2.05) is 53.4 Å². The number of amides is 1. The first-order chi connectivity index (χ1) is 11.3.